The van der Waals surface area contributed by atoms with Crippen molar-refractivity contribution in [2.45, 2.75) is 9.79 Å². The normalized spacial score (nSPS) is 10.1. The number of nitrogens with zero attached hydrogens (tertiary/aromatic N) is 1. The van der Waals surface area contributed by atoms with Crippen molar-refractivity contribution in [3.63, 3.8) is 0 Å². The van der Waals surface area contributed by atoms with Gasteiger partial charge in [-0.3, -0.25) is 10.1 Å². The van der Waals surface area contributed by atoms with Gasteiger partial charge >= 0.3 is 5.97 Å². The van der Waals surface area contributed by atoms with Crippen molar-refractivity contribution in [1.29, 1.82) is 0 Å². The molecule has 108 valence electrons. The molecule has 0 bridgehead atoms. The van der Waals surface area contributed by atoms with Crippen molar-refractivity contribution in [2.75, 3.05) is 7.11 Å². The summed E-state index contributed by atoms with van der Waals surface area (Å²) in [6, 6.07) is 10.8. The third kappa shape index (κ3) is 3.32. The molecule has 7 heteroatoms. The van der Waals surface area contributed by atoms with Crippen LogP contribution in [0, 0.1) is 10.1 Å². The summed E-state index contributed by atoms with van der Waals surface area (Å²) in [7, 11) is 1.53. The molecule has 0 saturated carbocycles. The van der Waals surface area contributed by atoms with Gasteiger partial charge in [0.2, 0.25) is 0 Å². The lowest BCUT2D eigenvalue weighted by molar-refractivity contribution is -0.387. The van der Waals surface area contributed by atoms with Crippen LogP contribution in [0.4, 0.5) is 5.69 Å². The lowest BCUT2D eigenvalue weighted by Crippen LogP contribution is -2.02. The van der Waals surface area contributed by atoms with Crippen molar-refractivity contribution < 1.29 is 19.6 Å². The van der Waals surface area contributed by atoms with Crippen LogP contribution in [0.3, 0.4) is 0 Å². The minimum atomic E-state index is -1.20. The Bertz CT molecular complexity index is 652. The van der Waals surface area contributed by atoms with E-state index >= 15 is 0 Å². The van der Waals surface area contributed by atoms with E-state index in [-0.39, 0.29) is 16.1 Å². The monoisotopic (exact) mass is 305 g/mol. The van der Waals surface area contributed by atoms with Gasteiger partial charge in [0.25, 0.3) is 5.69 Å². The van der Waals surface area contributed by atoms with Crippen molar-refractivity contribution in [2.24, 2.45) is 0 Å². The van der Waals surface area contributed by atoms with Crippen LogP contribution in [0.15, 0.2) is 52.3 Å². The highest BCUT2D eigenvalue weighted by Crippen LogP contribution is 2.38. The number of benzene rings is 2. The van der Waals surface area contributed by atoms with Gasteiger partial charge in [-0.1, -0.05) is 17.8 Å². The molecule has 0 unspecified atom stereocenters. The molecule has 2 rings (SSSR count). The van der Waals surface area contributed by atoms with Crippen LogP contribution in [-0.2, 0) is 0 Å². The standard InChI is InChI=1S/C14H11NO5S/c1-20-9-5-7-10(8-6-9)21-13-11(14(16)17)3-2-4-12(13)15(18)19/h2-8H,1H3,(H,16,17). The Hall–Kier alpha value is -2.54. The first-order chi connectivity index (χ1) is 10.0. The molecule has 0 fully saturated rings. The predicted octanol–water partition coefficient (Wildman–Crippen LogP) is 3.45. The zero-order valence-electron chi connectivity index (χ0n) is 11.0. The van der Waals surface area contributed by atoms with Gasteiger partial charge < -0.3 is 9.84 Å². The first-order valence-corrected chi connectivity index (χ1v) is 6.67. The summed E-state index contributed by atoms with van der Waals surface area (Å²) in [4.78, 5) is 22.5. The Morgan fingerprint density at radius 1 is 1.24 bits per heavy atom. The van der Waals surface area contributed by atoms with Crippen LogP contribution < -0.4 is 4.74 Å². The van der Waals surface area contributed by atoms with Crippen LogP contribution in [0.25, 0.3) is 0 Å². The highest BCUT2D eigenvalue weighted by molar-refractivity contribution is 7.99. The largest absolute Gasteiger partial charge is 0.497 e. The molecule has 0 aliphatic rings. The average molecular weight is 305 g/mol. The SMILES string of the molecule is COc1ccc(Sc2c(C(=O)O)cccc2[N+](=O)[O-])cc1. The second kappa shape index (κ2) is 6.27. The van der Waals surface area contributed by atoms with Gasteiger partial charge in [-0.15, -0.1) is 0 Å². The molecule has 0 aliphatic heterocycles. The fraction of sp³-hybridized carbons (Fsp3) is 0.0714. The van der Waals surface area contributed by atoms with Gasteiger partial charge in [0.1, 0.15) is 10.6 Å². The van der Waals surface area contributed by atoms with E-state index in [1.807, 2.05) is 0 Å². The van der Waals surface area contributed by atoms with E-state index < -0.39 is 10.9 Å². The van der Waals surface area contributed by atoms with Gasteiger partial charge in [0, 0.05) is 11.0 Å². The fourth-order valence-electron chi connectivity index (χ4n) is 1.71. The number of nitro groups is 1. The zero-order valence-corrected chi connectivity index (χ0v) is 11.8. The molecule has 21 heavy (non-hydrogen) atoms. The summed E-state index contributed by atoms with van der Waals surface area (Å²) in [5.41, 5.74) is -0.319. The summed E-state index contributed by atoms with van der Waals surface area (Å²) in [5.74, 6) is -0.546. The molecule has 0 saturated heterocycles. The first kappa shape index (κ1) is 14.9. The van der Waals surface area contributed by atoms with Gasteiger partial charge in [-0.2, -0.15) is 0 Å². The van der Waals surface area contributed by atoms with E-state index in [1.165, 1.54) is 25.3 Å². The lowest BCUT2D eigenvalue weighted by atomic mass is 10.2. The fourth-order valence-corrected chi connectivity index (χ4v) is 2.73. The summed E-state index contributed by atoms with van der Waals surface area (Å²) >= 11 is 1.04. The maximum atomic E-state index is 11.2. The molecule has 2 aromatic rings. The van der Waals surface area contributed by atoms with Crippen LogP contribution in [0.2, 0.25) is 0 Å². The van der Waals surface area contributed by atoms with Crippen LogP contribution in [0.1, 0.15) is 10.4 Å². The summed E-state index contributed by atoms with van der Waals surface area (Å²) in [5, 5.41) is 20.2. The van der Waals surface area contributed by atoms with Crippen LogP contribution in [0.5, 0.6) is 5.75 Å². The number of carboxylic acid groups (broad SMARTS) is 1. The topological polar surface area (TPSA) is 89.7 Å². The molecule has 0 radical (unpaired) electrons. The van der Waals surface area contributed by atoms with E-state index in [4.69, 9.17) is 4.74 Å². The maximum Gasteiger partial charge on any atom is 0.337 e. The minimum Gasteiger partial charge on any atom is -0.497 e. The van der Waals surface area contributed by atoms with Crippen LogP contribution >= 0.6 is 11.8 Å². The quantitative estimate of drug-likeness (QED) is 0.672. The smallest absolute Gasteiger partial charge is 0.337 e. The molecule has 2 aromatic carbocycles. The maximum absolute atomic E-state index is 11.2. The van der Waals surface area contributed by atoms with Crippen molar-refractivity contribution in [1.82, 2.24) is 0 Å². The van der Waals surface area contributed by atoms with E-state index in [9.17, 15) is 20.0 Å². The number of nitro benzene ring substituents is 1. The van der Waals surface area contributed by atoms with E-state index in [0.29, 0.717) is 10.6 Å². The number of hydrogen-bond donors (Lipinski definition) is 1. The van der Waals surface area contributed by atoms with Gasteiger partial charge in [0.05, 0.1) is 17.6 Å². The molecule has 1 N–H and O–H groups in total. The van der Waals surface area contributed by atoms with E-state index in [2.05, 4.69) is 0 Å². The molecule has 0 amide bonds. The highest BCUT2D eigenvalue weighted by Gasteiger charge is 2.22. The van der Waals surface area contributed by atoms with Crippen LogP contribution in [-0.4, -0.2) is 23.1 Å². The van der Waals surface area contributed by atoms with Gasteiger partial charge in [-0.25, -0.2) is 4.79 Å². The number of methoxy groups -OCH3 is 1. The molecular formula is C14H11NO5S. The number of carboxylic acids is 1. The number of hydrogen-bond acceptors (Lipinski definition) is 5. The summed E-state index contributed by atoms with van der Waals surface area (Å²) < 4.78 is 5.03. The van der Waals surface area contributed by atoms with Gasteiger partial charge in [0.15, 0.2) is 0 Å². The summed E-state index contributed by atoms with van der Waals surface area (Å²) in [6.07, 6.45) is 0. The van der Waals surface area contributed by atoms with Crippen molar-refractivity contribution in [3.05, 3.63) is 58.1 Å². The molecule has 0 atom stereocenters. The molecule has 0 spiro atoms. The Labute approximate surface area is 124 Å². The molecular weight excluding hydrogens is 294 g/mol. The van der Waals surface area contributed by atoms with Crippen molar-refractivity contribution in [3.8, 4) is 5.75 Å². The third-order valence-corrected chi connectivity index (χ3v) is 3.84. The zero-order chi connectivity index (χ0) is 15.4. The third-order valence-electron chi connectivity index (χ3n) is 2.70. The Balaban J connectivity index is 2.45. The lowest BCUT2D eigenvalue weighted by Gasteiger charge is -2.07. The molecule has 0 aromatic heterocycles. The predicted molar refractivity (Wildman–Crippen MR) is 77.2 cm³/mol. The average Bonchev–Trinajstić information content (AvgIpc) is 2.47. The van der Waals surface area contributed by atoms with Gasteiger partial charge in [-0.05, 0) is 30.3 Å². The second-order valence-corrected chi connectivity index (χ2v) is 5.08. The van der Waals surface area contributed by atoms with E-state index in [0.717, 1.165) is 11.8 Å². The number of ether oxygens (including phenoxy) is 1. The number of rotatable bonds is 5. The Kier molecular flexibility index (Phi) is 4.44. The second-order valence-electron chi connectivity index (χ2n) is 3.99. The summed E-state index contributed by atoms with van der Waals surface area (Å²) in [6.45, 7) is 0. The first-order valence-electron chi connectivity index (χ1n) is 5.85. The Morgan fingerprint density at radius 3 is 2.43 bits per heavy atom. The minimum absolute atomic E-state index is 0.0926. The Morgan fingerprint density at radius 2 is 1.90 bits per heavy atom. The molecule has 6 nitrogen and oxygen atoms in total. The van der Waals surface area contributed by atoms with Crippen molar-refractivity contribution >= 4 is 23.4 Å². The van der Waals surface area contributed by atoms with E-state index in [1.54, 1.807) is 24.3 Å². The number of carbonyl (C=O) groups is 1. The highest BCUT2D eigenvalue weighted by atomic mass is 32.2. The molecule has 0 aliphatic carbocycles. The number of aromatic carboxylic acids is 1. The molecule has 0 heterocycles.